The summed E-state index contributed by atoms with van der Waals surface area (Å²) in [5.74, 6) is -0.736. The maximum absolute atomic E-state index is 11.9. The Morgan fingerprint density at radius 1 is 1.11 bits per heavy atom. The summed E-state index contributed by atoms with van der Waals surface area (Å²) in [7, 11) is 1.50. The SMILES string of the molecule is C1CCOC1.CN.Oc1ccccc1C(F)(F)F. The van der Waals surface area contributed by atoms with Crippen LogP contribution in [0.1, 0.15) is 18.4 Å². The normalized spacial score (nSPS) is 14.1. The highest BCUT2D eigenvalue weighted by atomic mass is 19.4. The van der Waals surface area contributed by atoms with Crippen molar-refractivity contribution in [3.05, 3.63) is 29.8 Å². The Hall–Kier alpha value is -1.27. The summed E-state index contributed by atoms with van der Waals surface area (Å²) in [5.41, 5.74) is 3.50. The topological polar surface area (TPSA) is 55.5 Å². The van der Waals surface area contributed by atoms with Crippen molar-refractivity contribution in [3.63, 3.8) is 0 Å². The number of benzene rings is 1. The number of phenolic OH excluding ortho intramolecular Hbond substituents is 1. The van der Waals surface area contributed by atoms with Gasteiger partial charge in [-0.1, -0.05) is 12.1 Å². The van der Waals surface area contributed by atoms with Crippen LogP contribution in [-0.2, 0) is 10.9 Å². The summed E-state index contributed by atoms with van der Waals surface area (Å²) < 4.78 is 40.6. The van der Waals surface area contributed by atoms with Gasteiger partial charge >= 0.3 is 6.18 Å². The van der Waals surface area contributed by atoms with E-state index in [1.807, 2.05) is 0 Å². The van der Waals surface area contributed by atoms with Gasteiger partial charge in [-0.25, -0.2) is 0 Å². The summed E-state index contributed by atoms with van der Waals surface area (Å²) in [4.78, 5) is 0. The van der Waals surface area contributed by atoms with E-state index < -0.39 is 17.5 Å². The lowest BCUT2D eigenvalue weighted by Gasteiger charge is -2.06. The first-order valence-corrected chi connectivity index (χ1v) is 5.52. The standard InChI is InChI=1S/C7H5F3O.C4H8O.CH5N/c8-7(9,10)5-3-1-2-4-6(5)11;1-2-4-5-3-1;1-2/h1-4,11H;1-4H2;2H2,1H3. The number of halogens is 3. The molecule has 1 aliphatic heterocycles. The second-order valence-corrected chi connectivity index (χ2v) is 3.33. The predicted molar refractivity (Wildman–Crippen MR) is 63.3 cm³/mol. The minimum atomic E-state index is -4.47. The molecular weight excluding hydrogens is 247 g/mol. The number of rotatable bonds is 0. The molecule has 1 aromatic rings. The Balaban J connectivity index is 0.000000343. The van der Waals surface area contributed by atoms with Crippen LogP contribution in [0.2, 0.25) is 0 Å². The molecule has 0 saturated carbocycles. The quantitative estimate of drug-likeness (QED) is 0.758. The zero-order chi connectivity index (χ0) is 14.0. The molecule has 1 aliphatic rings. The van der Waals surface area contributed by atoms with Gasteiger partial charge in [0.15, 0.2) is 0 Å². The third-order valence-corrected chi connectivity index (χ3v) is 2.04. The lowest BCUT2D eigenvalue weighted by atomic mass is 10.2. The van der Waals surface area contributed by atoms with Gasteiger partial charge in [0.05, 0.1) is 5.56 Å². The van der Waals surface area contributed by atoms with Gasteiger partial charge in [-0.3, -0.25) is 0 Å². The lowest BCUT2D eigenvalue weighted by Crippen LogP contribution is -2.04. The van der Waals surface area contributed by atoms with Crippen LogP contribution in [0, 0.1) is 0 Å². The third kappa shape index (κ3) is 6.46. The van der Waals surface area contributed by atoms with Gasteiger partial charge in [0.25, 0.3) is 0 Å². The highest BCUT2D eigenvalue weighted by Gasteiger charge is 2.33. The first-order chi connectivity index (χ1) is 8.52. The van der Waals surface area contributed by atoms with Crippen molar-refractivity contribution in [1.82, 2.24) is 0 Å². The van der Waals surface area contributed by atoms with E-state index in [-0.39, 0.29) is 0 Å². The van der Waals surface area contributed by atoms with Crippen LogP contribution in [-0.4, -0.2) is 25.4 Å². The maximum atomic E-state index is 11.9. The van der Waals surface area contributed by atoms with Gasteiger partial charge in [-0.2, -0.15) is 13.2 Å². The Bertz CT molecular complexity index is 318. The Morgan fingerprint density at radius 2 is 1.61 bits per heavy atom. The van der Waals surface area contributed by atoms with E-state index >= 15 is 0 Å². The van der Waals surface area contributed by atoms with Gasteiger partial charge in [0.1, 0.15) is 5.75 Å². The minimum Gasteiger partial charge on any atom is -0.507 e. The van der Waals surface area contributed by atoms with Crippen molar-refractivity contribution in [2.45, 2.75) is 19.0 Å². The molecular formula is C12H18F3NO2. The van der Waals surface area contributed by atoms with Crippen LogP contribution >= 0.6 is 0 Å². The van der Waals surface area contributed by atoms with Crippen LogP contribution in [0.5, 0.6) is 5.75 Å². The predicted octanol–water partition coefficient (Wildman–Crippen LogP) is 2.78. The molecule has 1 saturated heterocycles. The van der Waals surface area contributed by atoms with E-state index in [4.69, 9.17) is 9.84 Å². The molecule has 3 N–H and O–H groups in total. The molecule has 1 aromatic carbocycles. The molecule has 2 rings (SSSR count). The zero-order valence-corrected chi connectivity index (χ0v) is 10.2. The molecule has 0 amide bonds. The van der Waals surface area contributed by atoms with Gasteiger partial charge in [-0.15, -0.1) is 0 Å². The molecule has 1 fully saturated rings. The Morgan fingerprint density at radius 3 is 1.89 bits per heavy atom. The van der Waals surface area contributed by atoms with Crippen LogP contribution < -0.4 is 5.73 Å². The molecule has 18 heavy (non-hydrogen) atoms. The van der Waals surface area contributed by atoms with E-state index in [1.165, 1.54) is 32.0 Å². The average molecular weight is 265 g/mol. The van der Waals surface area contributed by atoms with Crippen molar-refractivity contribution in [2.75, 3.05) is 20.3 Å². The second-order valence-electron chi connectivity index (χ2n) is 3.33. The number of hydrogen-bond acceptors (Lipinski definition) is 3. The molecule has 104 valence electrons. The van der Waals surface area contributed by atoms with Crippen molar-refractivity contribution < 1.29 is 23.0 Å². The zero-order valence-electron chi connectivity index (χ0n) is 10.2. The van der Waals surface area contributed by atoms with E-state index in [0.29, 0.717) is 0 Å². The summed E-state index contributed by atoms with van der Waals surface area (Å²) >= 11 is 0. The summed E-state index contributed by atoms with van der Waals surface area (Å²) in [6, 6.07) is 4.39. The average Bonchev–Trinajstić information content (AvgIpc) is 2.89. The molecule has 1 heterocycles. The summed E-state index contributed by atoms with van der Waals surface area (Å²) in [5, 5.41) is 8.73. The summed E-state index contributed by atoms with van der Waals surface area (Å²) in [6.07, 6.45) is -1.91. The molecule has 0 atom stereocenters. The van der Waals surface area contributed by atoms with Gasteiger partial charge in [0.2, 0.25) is 0 Å². The highest BCUT2D eigenvalue weighted by molar-refractivity contribution is 5.33. The van der Waals surface area contributed by atoms with E-state index in [9.17, 15) is 13.2 Å². The molecule has 3 nitrogen and oxygen atoms in total. The van der Waals surface area contributed by atoms with Crippen LogP contribution in [0.25, 0.3) is 0 Å². The highest BCUT2D eigenvalue weighted by Crippen LogP contribution is 2.34. The smallest absolute Gasteiger partial charge is 0.419 e. The molecule has 0 unspecified atom stereocenters. The fourth-order valence-corrected chi connectivity index (χ4v) is 1.22. The second kappa shape index (κ2) is 8.77. The van der Waals surface area contributed by atoms with E-state index in [0.717, 1.165) is 25.3 Å². The number of nitrogens with two attached hydrogens (primary N) is 1. The number of hydrogen-bond donors (Lipinski definition) is 2. The fourth-order valence-electron chi connectivity index (χ4n) is 1.22. The molecule has 0 bridgehead atoms. The third-order valence-electron chi connectivity index (χ3n) is 2.04. The van der Waals surface area contributed by atoms with Crippen molar-refractivity contribution in [3.8, 4) is 5.75 Å². The Kier molecular flexibility index (Phi) is 8.15. The first kappa shape index (κ1) is 16.7. The van der Waals surface area contributed by atoms with Crippen LogP contribution in [0.3, 0.4) is 0 Å². The monoisotopic (exact) mass is 265 g/mol. The van der Waals surface area contributed by atoms with Crippen molar-refractivity contribution in [2.24, 2.45) is 5.73 Å². The van der Waals surface area contributed by atoms with E-state index in [2.05, 4.69) is 5.73 Å². The van der Waals surface area contributed by atoms with Gasteiger partial charge in [0, 0.05) is 13.2 Å². The number of alkyl halides is 3. The first-order valence-electron chi connectivity index (χ1n) is 5.52. The molecule has 6 heteroatoms. The largest absolute Gasteiger partial charge is 0.507 e. The lowest BCUT2D eigenvalue weighted by molar-refractivity contribution is -0.138. The number of phenols is 1. The Labute approximate surface area is 104 Å². The molecule has 0 spiro atoms. The number of para-hydroxylation sites is 1. The van der Waals surface area contributed by atoms with Gasteiger partial charge in [-0.05, 0) is 32.0 Å². The van der Waals surface area contributed by atoms with E-state index in [1.54, 1.807) is 0 Å². The molecule has 0 aromatic heterocycles. The number of aromatic hydroxyl groups is 1. The van der Waals surface area contributed by atoms with Crippen molar-refractivity contribution >= 4 is 0 Å². The van der Waals surface area contributed by atoms with Crippen molar-refractivity contribution in [1.29, 1.82) is 0 Å². The van der Waals surface area contributed by atoms with Crippen LogP contribution in [0.4, 0.5) is 13.2 Å². The van der Waals surface area contributed by atoms with Crippen LogP contribution in [0.15, 0.2) is 24.3 Å². The summed E-state index contributed by atoms with van der Waals surface area (Å²) in [6.45, 7) is 2.00. The van der Waals surface area contributed by atoms with Gasteiger partial charge < -0.3 is 15.6 Å². The number of ether oxygens (including phenoxy) is 1. The fraction of sp³-hybridized carbons (Fsp3) is 0.500. The molecule has 0 aliphatic carbocycles. The minimum absolute atomic E-state index is 0.736. The maximum Gasteiger partial charge on any atom is 0.419 e. The molecule has 0 radical (unpaired) electrons.